The van der Waals surface area contributed by atoms with Crippen molar-refractivity contribution in [3.05, 3.63) is 99.7 Å². The maximum Gasteiger partial charge on any atom is 0.416 e. The minimum absolute atomic E-state index is 0.00857. The van der Waals surface area contributed by atoms with Crippen LogP contribution in [0, 0.1) is 5.82 Å². The summed E-state index contributed by atoms with van der Waals surface area (Å²) in [6.45, 7) is 0.00857. The van der Waals surface area contributed by atoms with Crippen LogP contribution in [-0.2, 0) is 12.7 Å². The Balaban J connectivity index is 1.78. The van der Waals surface area contributed by atoms with Gasteiger partial charge in [0.05, 0.1) is 17.7 Å². The second-order valence-electron chi connectivity index (χ2n) is 6.04. The summed E-state index contributed by atoms with van der Waals surface area (Å²) < 4.78 is 52.1. The molecule has 144 valence electrons. The monoisotopic (exact) mass is 390 g/mol. The summed E-state index contributed by atoms with van der Waals surface area (Å²) in [6.07, 6.45) is -3.12. The van der Waals surface area contributed by atoms with Crippen molar-refractivity contribution in [1.82, 2.24) is 4.57 Å². The van der Waals surface area contributed by atoms with Crippen molar-refractivity contribution < 1.29 is 22.4 Å². The SMILES string of the molecule is O=C(Nc1ccc(F)cc1)c1ccc(=O)n(Cc2ccc(C(F)(F)F)cc2)c1. The van der Waals surface area contributed by atoms with E-state index in [2.05, 4.69) is 5.32 Å². The first kappa shape index (κ1) is 19.3. The summed E-state index contributed by atoms with van der Waals surface area (Å²) in [5.74, 6) is -0.948. The van der Waals surface area contributed by atoms with Crippen LogP contribution in [0.4, 0.5) is 23.2 Å². The molecule has 0 fully saturated rings. The molecule has 28 heavy (non-hydrogen) atoms. The lowest BCUT2D eigenvalue weighted by Gasteiger charge is -2.11. The highest BCUT2D eigenvalue weighted by atomic mass is 19.4. The molecule has 4 nitrogen and oxygen atoms in total. The zero-order valence-electron chi connectivity index (χ0n) is 14.3. The fourth-order valence-corrected chi connectivity index (χ4v) is 2.52. The average Bonchev–Trinajstić information content (AvgIpc) is 2.65. The highest BCUT2D eigenvalue weighted by molar-refractivity contribution is 6.04. The number of rotatable bonds is 4. The van der Waals surface area contributed by atoms with Gasteiger partial charge in [-0.05, 0) is 48.0 Å². The smallest absolute Gasteiger partial charge is 0.322 e. The molecular formula is C20H14F4N2O2. The van der Waals surface area contributed by atoms with Crippen LogP contribution in [0.25, 0.3) is 0 Å². The zero-order valence-corrected chi connectivity index (χ0v) is 14.3. The highest BCUT2D eigenvalue weighted by Gasteiger charge is 2.29. The van der Waals surface area contributed by atoms with E-state index in [-0.39, 0.29) is 12.1 Å². The fraction of sp³-hybridized carbons (Fsp3) is 0.100. The molecule has 8 heteroatoms. The summed E-state index contributed by atoms with van der Waals surface area (Å²) in [7, 11) is 0. The number of halogens is 4. The minimum Gasteiger partial charge on any atom is -0.322 e. The van der Waals surface area contributed by atoms with Gasteiger partial charge in [-0.1, -0.05) is 12.1 Å². The van der Waals surface area contributed by atoms with Crippen molar-refractivity contribution >= 4 is 11.6 Å². The number of nitrogens with zero attached hydrogens (tertiary/aromatic N) is 1. The molecule has 0 atom stereocenters. The molecule has 0 aliphatic rings. The Hall–Kier alpha value is -3.42. The van der Waals surface area contributed by atoms with Gasteiger partial charge >= 0.3 is 6.18 Å². The molecule has 1 amide bonds. The summed E-state index contributed by atoms with van der Waals surface area (Å²) in [6, 6.07) is 12.1. The first-order chi connectivity index (χ1) is 13.2. The van der Waals surface area contributed by atoms with Crippen molar-refractivity contribution in [3.63, 3.8) is 0 Å². The Kier molecular flexibility index (Phi) is 5.30. The largest absolute Gasteiger partial charge is 0.416 e. The molecule has 0 saturated heterocycles. The molecular weight excluding hydrogens is 376 g/mol. The summed E-state index contributed by atoms with van der Waals surface area (Å²) in [5, 5.41) is 2.57. The number of aromatic nitrogens is 1. The number of carbonyl (C=O) groups excluding carboxylic acids is 1. The first-order valence-electron chi connectivity index (χ1n) is 8.16. The van der Waals surface area contributed by atoms with Crippen LogP contribution in [0.3, 0.4) is 0 Å². The van der Waals surface area contributed by atoms with Gasteiger partial charge in [0.1, 0.15) is 5.82 Å². The third-order valence-corrected chi connectivity index (χ3v) is 3.98. The van der Waals surface area contributed by atoms with Gasteiger partial charge in [0.15, 0.2) is 0 Å². The highest BCUT2D eigenvalue weighted by Crippen LogP contribution is 2.29. The van der Waals surface area contributed by atoms with E-state index in [0.29, 0.717) is 11.3 Å². The predicted molar refractivity (Wildman–Crippen MR) is 95.6 cm³/mol. The standard InChI is InChI=1S/C20H14F4N2O2/c21-16-6-8-17(9-7-16)25-19(28)14-3-10-18(27)26(12-14)11-13-1-4-15(5-2-13)20(22,23)24/h1-10,12H,11H2,(H,25,28). The van der Waals surface area contributed by atoms with Gasteiger partial charge in [0, 0.05) is 18.0 Å². The normalized spacial score (nSPS) is 11.3. The van der Waals surface area contributed by atoms with Gasteiger partial charge in [0.25, 0.3) is 11.5 Å². The van der Waals surface area contributed by atoms with Crippen LogP contribution < -0.4 is 10.9 Å². The molecule has 1 N–H and O–H groups in total. The van der Waals surface area contributed by atoms with Crippen molar-refractivity contribution in [2.24, 2.45) is 0 Å². The van der Waals surface area contributed by atoms with E-state index in [1.54, 1.807) is 0 Å². The number of amides is 1. The van der Waals surface area contributed by atoms with E-state index in [0.717, 1.165) is 12.1 Å². The number of hydrogen-bond donors (Lipinski definition) is 1. The third kappa shape index (κ3) is 4.64. The van der Waals surface area contributed by atoms with Crippen LogP contribution in [0.15, 0.2) is 71.7 Å². The van der Waals surface area contributed by atoms with Crippen LogP contribution in [0.2, 0.25) is 0 Å². The first-order valence-corrected chi connectivity index (χ1v) is 8.16. The molecule has 0 unspecified atom stereocenters. The number of anilines is 1. The Morgan fingerprint density at radius 1 is 0.929 bits per heavy atom. The topological polar surface area (TPSA) is 51.1 Å². The van der Waals surface area contributed by atoms with Gasteiger partial charge in [0.2, 0.25) is 0 Å². The summed E-state index contributed by atoms with van der Waals surface area (Å²) in [4.78, 5) is 24.4. The number of alkyl halides is 3. The lowest BCUT2D eigenvalue weighted by Crippen LogP contribution is -2.22. The average molecular weight is 390 g/mol. The van der Waals surface area contributed by atoms with E-state index < -0.39 is 29.0 Å². The fourth-order valence-electron chi connectivity index (χ4n) is 2.52. The minimum atomic E-state index is -4.44. The van der Waals surface area contributed by atoms with E-state index in [4.69, 9.17) is 0 Å². The van der Waals surface area contributed by atoms with Crippen LogP contribution >= 0.6 is 0 Å². The lowest BCUT2D eigenvalue weighted by atomic mass is 10.1. The van der Waals surface area contributed by atoms with Crippen LogP contribution in [-0.4, -0.2) is 10.5 Å². The third-order valence-electron chi connectivity index (χ3n) is 3.98. The maximum absolute atomic E-state index is 12.9. The molecule has 0 aliphatic heterocycles. The van der Waals surface area contributed by atoms with Crippen LogP contribution in [0.1, 0.15) is 21.5 Å². The predicted octanol–water partition coefficient (Wildman–Crippen LogP) is 4.31. The summed E-state index contributed by atoms with van der Waals surface area (Å²) in [5.41, 5.74) is -0.150. The zero-order chi connectivity index (χ0) is 20.3. The molecule has 1 aromatic heterocycles. The Labute approximate surface area is 157 Å². The van der Waals surface area contributed by atoms with Gasteiger partial charge < -0.3 is 9.88 Å². The molecule has 3 rings (SSSR count). The van der Waals surface area contributed by atoms with Gasteiger partial charge in [-0.25, -0.2) is 4.39 Å². The van der Waals surface area contributed by atoms with Crippen molar-refractivity contribution in [2.75, 3.05) is 5.32 Å². The molecule has 0 radical (unpaired) electrons. The number of hydrogen-bond acceptors (Lipinski definition) is 2. The van der Waals surface area contributed by atoms with E-state index in [9.17, 15) is 27.2 Å². The molecule has 3 aromatic rings. The van der Waals surface area contributed by atoms with E-state index >= 15 is 0 Å². The Morgan fingerprint density at radius 3 is 2.18 bits per heavy atom. The van der Waals surface area contributed by atoms with Crippen LogP contribution in [0.5, 0.6) is 0 Å². The summed E-state index contributed by atoms with van der Waals surface area (Å²) >= 11 is 0. The van der Waals surface area contributed by atoms with E-state index in [1.807, 2.05) is 0 Å². The Bertz CT molecular complexity index is 1040. The van der Waals surface area contributed by atoms with Crippen molar-refractivity contribution in [2.45, 2.75) is 12.7 Å². The number of nitrogens with one attached hydrogen (secondary N) is 1. The molecule has 0 bridgehead atoms. The van der Waals surface area contributed by atoms with Gasteiger partial charge in [-0.15, -0.1) is 0 Å². The second-order valence-corrected chi connectivity index (χ2v) is 6.04. The molecule has 0 saturated carbocycles. The number of carbonyl (C=O) groups is 1. The molecule has 1 heterocycles. The van der Waals surface area contributed by atoms with Gasteiger partial charge in [-0.2, -0.15) is 13.2 Å². The number of pyridine rings is 1. The lowest BCUT2D eigenvalue weighted by molar-refractivity contribution is -0.137. The molecule has 0 spiro atoms. The quantitative estimate of drug-likeness (QED) is 0.675. The van der Waals surface area contributed by atoms with Crippen molar-refractivity contribution in [3.8, 4) is 0 Å². The number of benzene rings is 2. The second kappa shape index (κ2) is 7.67. The maximum atomic E-state index is 12.9. The molecule has 2 aromatic carbocycles. The molecule has 0 aliphatic carbocycles. The van der Waals surface area contributed by atoms with E-state index in [1.165, 1.54) is 59.3 Å². The van der Waals surface area contributed by atoms with Crippen molar-refractivity contribution in [1.29, 1.82) is 0 Å². The Morgan fingerprint density at radius 2 is 1.57 bits per heavy atom. The van der Waals surface area contributed by atoms with Gasteiger partial charge in [-0.3, -0.25) is 9.59 Å².